The molecule has 0 aliphatic carbocycles. The van der Waals surface area contributed by atoms with E-state index in [-0.39, 0.29) is 30.6 Å². The Hall–Kier alpha value is -2.69. The topological polar surface area (TPSA) is 68.3 Å². The van der Waals surface area contributed by atoms with Crippen LogP contribution in [0.2, 0.25) is 0 Å². The van der Waals surface area contributed by atoms with Crippen LogP contribution in [0.25, 0.3) is 0 Å². The molecule has 1 aromatic heterocycles. The third-order valence-electron chi connectivity index (χ3n) is 3.54. The molecule has 0 radical (unpaired) electrons. The first kappa shape index (κ1) is 14.3. The van der Waals surface area contributed by atoms with Gasteiger partial charge in [-0.1, -0.05) is 36.4 Å². The van der Waals surface area contributed by atoms with Crippen molar-refractivity contribution in [2.24, 2.45) is 0 Å². The molecule has 22 heavy (non-hydrogen) atoms. The predicted molar refractivity (Wildman–Crippen MR) is 80.1 cm³/mol. The summed E-state index contributed by atoms with van der Waals surface area (Å²) in [6, 6.07) is 15.3. The second kappa shape index (κ2) is 6.39. The van der Waals surface area contributed by atoms with Crippen molar-refractivity contribution in [3.05, 3.63) is 59.8 Å². The molecule has 1 aliphatic heterocycles. The van der Waals surface area contributed by atoms with Gasteiger partial charge in [0.15, 0.2) is 0 Å². The number of piperidine rings is 1. The Morgan fingerprint density at radius 2 is 1.73 bits per heavy atom. The third kappa shape index (κ3) is 3.49. The van der Waals surface area contributed by atoms with E-state index in [0.29, 0.717) is 18.2 Å². The molecule has 0 bridgehead atoms. The number of rotatable bonds is 4. The number of carbonyl (C=O) groups is 2. The van der Waals surface area contributed by atoms with Crippen molar-refractivity contribution in [1.29, 1.82) is 0 Å². The van der Waals surface area contributed by atoms with Crippen LogP contribution in [0.5, 0.6) is 5.88 Å². The number of hydrogen-bond donors (Lipinski definition) is 1. The maximum atomic E-state index is 11.5. The van der Waals surface area contributed by atoms with Gasteiger partial charge in [0.2, 0.25) is 17.7 Å². The van der Waals surface area contributed by atoms with Crippen molar-refractivity contribution in [1.82, 2.24) is 10.3 Å². The molecule has 0 spiro atoms. The number of nitrogens with one attached hydrogen (secondary N) is 1. The van der Waals surface area contributed by atoms with Gasteiger partial charge in [-0.25, -0.2) is 4.98 Å². The summed E-state index contributed by atoms with van der Waals surface area (Å²) in [6.07, 6.45) is 0.557. The summed E-state index contributed by atoms with van der Waals surface area (Å²) < 4.78 is 5.68. The summed E-state index contributed by atoms with van der Waals surface area (Å²) in [4.78, 5) is 27.3. The first-order valence-electron chi connectivity index (χ1n) is 7.17. The van der Waals surface area contributed by atoms with Crippen molar-refractivity contribution >= 4 is 11.8 Å². The smallest absolute Gasteiger partial charge is 0.227 e. The van der Waals surface area contributed by atoms with Crippen LogP contribution in [0.15, 0.2) is 48.5 Å². The quantitative estimate of drug-likeness (QED) is 0.878. The summed E-state index contributed by atoms with van der Waals surface area (Å²) in [5, 5.41) is 2.30. The summed E-state index contributed by atoms with van der Waals surface area (Å²) in [7, 11) is 0. The molecule has 1 fully saturated rings. The first-order valence-corrected chi connectivity index (χ1v) is 7.17. The number of imide groups is 1. The number of aromatic nitrogens is 1. The van der Waals surface area contributed by atoms with Gasteiger partial charge in [0.1, 0.15) is 6.61 Å². The van der Waals surface area contributed by atoms with E-state index in [9.17, 15) is 9.59 Å². The average molecular weight is 296 g/mol. The number of ether oxygens (including phenoxy) is 1. The van der Waals surface area contributed by atoms with Crippen molar-refractivity contribution in [2.75, 3.05) is 0 Å². The zero-order valence-electron chi connectivity index (χ0n) is 12.0. The lowest BCUT2D eigenvalue weighted by atomic mass is 9.93. The molecule has 5 nitrogen and oxygen atoms in total. The molecular weight excluding hydrogens is 280 g/mol. The van der Waals surface area contributed by atoms with E-state index < -0.39 is 0 Å². The molecule has 1 N–H and O–H groups in total. The fraction of sp³-hybridized carbons (Fsp3) is 0.235. The highest BCUT2D eigenvalue weighted by molar-refractivity contribution is 5.98. The summed E-state index contributed by atoms with van der Waals surface area (Å²) in [5.41, 5.74) is 1.77. The van der Waals surface area contributed by atoms with E-state index in [1.165, 1.54) is 0 Å². The minimum Gasteiger partial charge on any atom is -0.473 e. The van der Waals surface area contributed by atoms with Crippen molar-refractivity contribution in [2.45, 2.75) is 25.4 Å². The summed E-state index contributed by atoms with van der Waals surface area (Å²) in [6.45, 7) is 0.432. The summed E-state index contributed by atoms with van der Waals surface area (Å²) >= 11 is 0. The van der Waals surface area contributed by atoms with Gasteiger partial charge >= 0.3 is 0 Å². The maximum absolute atomic E-state index is 11.5. The van der Waals surface area contributed by atoms with Gasteiger partial charge in [-0.15, -0.1) is 0 Å². The Morgan fingerprint density at radius 3 is 2.45 bits per heavy atom. The lowest BCUT2D eigenvalue weighted by Gasteiger charge is -2.20. The van der Waals surface area contributed by atoms with Crippen molar-refractivity contribution in [3.63, 3.8) is 0 Å². The maximum Gasteiger partial charge on any atom is 0.227 e. The predicted octanol–water partition coefficient (Wildman–Crippen LogP) is 2.18. The molecule has 1 aliphatic rings. The molecule has 0 unspecified atom stereocenters. The third-order valence-corrected chi connectivity index (χ3v) is 3.54. The number of pyridine rings is 1. The SMILES string of the molecule is O=C1CC(c2cccc(OCc3ccccc3)n2)CC(=O)N1. The van der Waals surface area contributed by atoms with Crippen LogP contribution in [0.3, 0.4) is 0 Å². The lowest BCUT2D eigenvalue weighted by Crippen LogP contribution is -2.37. The number of carbonyl (C=O) groups excluding carboxylic acids is 2. The number of nitrogens with zero attached hydrogens (tertiary/aromatic N) is 1. The second-order valence-electron chi connectivity index (χ2n) is 5.25. The fourth-order valence-corrected chi connectivity index (χ4v) is 2.46. The van der Waals surface area contributed by atoms with Crippen LogP contribution >= 0.6 is 0 Å². The minimum atomic E-state index is -0.251. The largest absolute Gasteiger partial charge is 0.473 e. The highest BCUT2D eigenvalue weighted by Crippen LogP contribution is 2.26. The van der Waals surface area contributed by atoms with Gasteiger partial charge in [0.25, 0.3) is 0 Å². The molecule has 1 saturated heterocycles. The standard InChI is InChI=1S/C17H16N2O3/c20-15-9-13(10-16(21)19-15)14-7-4-8-17(18-14)22-11-12-5-2-1-3-6-12/h1-8,13H,9-11H2,(H,19,20,21). The average Bonchev–Trinajstić information content (AvgIpc) is 2.53. The van der Waals surface area contributed by atoms with Crippen molar-refractivity contribution in [3.8, 4) is 5.88 Å². The molecule has 112 valence electrons. The van der Waals surface area contributed by atoms with Crippen LogP contribution in [0.1, 0.15) is 30.0 Å². The van der Waals surface area contributed by atoms with Gasteiger partial charge in [0, 0.05) is 30.5 Å². The van der Waals surface area contributed by atoms with Crippen LogP contribution < -0.4 is 10.1 Å². The molecule has 5 heteroatoms. The summed E-state index contributed by atoms with van der Waals surface area (Å²) in [5.74, 6) is -0.182. The normalized spacial score (nSPS) is 15.5. The fourth-order valence-electron chi connectivity index (χ4n) is 2.46. The van der Waals surface area contributed by atoms with Gasteiger partial charge in [0.05, 0.1) is 0 Å². The van der Waals surface area contributed by atoms with E-state index in [0.717, 1.165) is 5.56 Å². The monoisotopic (exact) mass is 296 g/mol. The van der Waals surface area contributed by atoms with Gasteiger partial charge in [-0.3, -0.25) is 14.9 Å². The Balaban J connectivity index is 1.69. The molecule has 2 heterocycles. The van der Waals surface area contributed by atoms with E-state index in [1.54, 1.807) is 6.07 Å². The minimum absolute atomic E-state index is 0.179. The zero-order valence-corrected chi connectivity index (χ0v) is 12.0. The Labute approximate surface area is 128 Å². The molecule has 2 amide bonds. The molecule has 0 atom stereocenters. The first-order chi connectivity index (χ1) is 10.7. The molecule has 2 aromatic rings. The van der Waals surface area contributed by atoms with Crippen LogP contribution in [-0.4, -0.2) is 16.8 Å². The van der Waals surface area contributed by atoms with Gasteiger partial charge in [-0.2, -0.15) is 0 Å². The molecule has 1 aromatic carbocycles. The number of amides is 2. The van der Waals surface area contributed by atoms with E-state index in [1.807, 2.05) is 42.5 Å². The Kier molecular flexibility index (Phi) is 4.14. The van der Waals surface area contributed by atoms with E-state index >= 15 is 0 Å². The van der Waals surface area contributed by atoms with Crippen molar-refractivity contribution < 1.29 is 14.3 Å². The Bertz CT molecular complexity index is 669. The van der Waals surface area contributed by atoms with E-state index in [4.69, 9.17) is 4.74 Å². The highest BCUT2D eigenvalue weighted by atomic mass is 16.5. The second-order valence-corrected chi connectivity index (χ2v) is 5.25. The number of benzene rings is 1. The molecule has 0 saturated carbocycles. The Morgan fingerprint density at radius 1 is 1.00 bits per heavy atom. The zero-order chi connectivity index (χ0) is 15.4. The van der Waals surface area contributed by atoms with Crippen LogP contribution in [-0.2, 0) is 16.2 Å². The van der Waals surface area contributed by atoms with Gasteiger partial charge in [-0.05, 0) is 11.6 Å². The van der Waals surface area contributed by atoms with E-state index in [2.05, 4.69) is 10.3 Å². The molecular formula is C17H16N2O3. The van der Waals surface area contributed by atoms with Gasteiger partial charge < -0.3 is 4.74 Å². The number of hydrogen-bond acceptors (Lipinski definition) is 4. The highest BCUT2D eigenvalue weighted by Gasteiger charge is 2.27. The lowest BCUT2D eigenvalue weighted by molar-refractivity contribution is -0.133. The molecule has 3 rings (SSSR count). The van der Waals surface area contributed by atoms with Crippen LogP contribution in [0.4, 0.5) is 0 Å². The van der Waals surface area contributed by atoms with Crippen LogP contribution in [0, 0.1) is 0 Å².